The zero-order chi connectivity index (χ0) is 18.8. The average molecular weight is 369 g/mol. The third kappa shape index (κ3) is 3.78. The van der Waals surface area contributed by atoms with E-state index < -0.39 is 0 Å². The number of hydrogen-bond acceptors (Lipinski definition) is 3. The van der Waals surface area contributed by atoms with Crippen molar-refractivity contribution in [3.05, 3.63) is 53.1 Å². The van der Waals surface area contributed by atoms with Crippen LogP contribution in [0.1, 0.15) is 23.1 Å². The molecule has 0 saturated carbocycles. The monoisotopic (exact) mass is 368 g/mol. The lowest BCUT2D eigenvalue weighted by atomic mass is 10.0. The first kappa shape index (κ1) is 18.5. The number of anilines is 2. The topological polar surface area (TPSA) is 49.4 Å². The minimum Gasteiger partial charge on any atom is -0.325 e. The molecule has 5 heteroatoms. The summed E-state index contributed by atoms with van der Waals surface area (Å²) in [5.41, 5.74) is 4.99. The highest BCUT2D eigenvalue weighted by atomic mass is 32.2. The molecular weight excluding hydrogens is 344 g/mol. The van der Waals surface area contributed by atoms with Crippen LogP contribution in [0.4, 0.5) is 11.4 Å². The molecule has 1 atom stereocenters. The summed E-state index contributed by atoms with van der Waals surface area (Å²) >= 11 is 1.64. The number of amides is 2. The molecule has 136 valence electrons. The number of nitrogens with one attached hydrogen (secondary N) is 1. The molecule has 1 saturated heterocycles. The lowest BCUT2D eigenvalue weighted by molar-refractivity contribution is -0.122. The Morgan fingerprint density at radius 3 is 2.50 bits per heavy atom. The second-order valence-electron chi connectivity index (χ2n) is 6.87. The van der Waals surface area contributed by atoms with E-state index in [1.165, 1.54) is 5.56 Å². The maximum absolute atomic E-state index is 12.8. The number of rotatable bonds is 4. The first-order valence-electron chi connectivity index (χ1n) is 8.72. The van der Waals surface area contributed by atoms with Gasteiger partial charge in [0.15, 0.2) is 0 Å². The first-order chi connectivity index (χ1) is 12.4. The fraction of sp³-hybridized carbons (Fsp3) is 0.333. The number of aryl methyl sites for hydroxylation is 3. The number of benzene rings is 2. The summed E-state index contributed by atoms with van der Waals surface area (Å²) in [5.74, 6) is -0.418. The van der Waals surface area contributed by atoms with Gasteiger partial charge in [0.2, 0.25) is 11.8 Å². The van der Waals surface area contributed by atoms with Gasteiger partial charge in [0.1, 0.15) is 0 Å². The van der Waals surface area contributed by atoms with E-state index in [4.69, 9.17) is 0 Å². The standard InChI is InChI=1S/C21H24N2O2S/c1-13-8-14(2)20(15(3)9-13)22-21(25)16-10-19(24)23(12-16)17-6-5-7-18(11-17)26-4/h5-9,11,16H,10,12H2,1-4H3,(H,22,25). The van der Waals surface area contributed by atoms with Crippen LogP contribution in [0.5, 0.6) is 0 Å². The minimum atomic E-state index is -0.333. The highest BCUT2D eigenvalue weighted by Crippen LogP contribution is 2.29. The number of carbonyl (C=O) groups excluding carboxylic acids is 2. The molecule has 3 rings (SSSR count). The van der Waals surface area contributed by atoms with E-state index in [9.17, 15) is 9.59 Å². The molecule has 0 aromatic heterocycles. The lowest BCUT2D eigenvalue weighted by Gasteiger charge is -2.18. The van der Waals surface area contributed by atoms with Crippen molar-refractivity contribution in [3.8, 4) is 0 Å². The molecule has 26 heavy (non-hydrogen) atoms. The normalized spacial score (nSPS) is 16.8. The third-order valence-electron chi connectivity index (χ3n) is 4.79. The molecule has 1 aliphatic heterocycles. The zero-order valence-corrected chi connectivity index (χ0v) is 16.4. The molecule has 1 N–H and O–H groups in total. The molecule has 0 aliphatic carbocycles. The Bertz CT molecular complexity index is 840. The van der Waals surface area contributed by atoms with Gasteiger partial charge in [0, 0.05) is 29.2 Å². The van der Waals surface area contributed by atoms with Crippen molar-refractivity contribution in [1.82, 2.24) is 0 Å². The Labute approximate surface area is 159 Å². The maximum atomic E-state index is 12.8. The van der Waals surface area contributed by atoms with Crippen molar-refractivity contribution in [3.63, 3.8) is 0 Å². The van der Waals surface area contributed by atoms with E-state index in [-0.39, 0.29) is 24.2 Å². The Morgan fingerprint density at radius 2 is 1.85 bits per heavy atom. The van der Waals surface area contributed by atoms with Crippen LogP contribution in [0.3, 0.4) is 0 Å². The van der Waals surface area contributed by atoms with Crippen LogP contribution in [0.2, 0.25) is 0 Å². The number of carbonyl (C=O) groups is 2. The Kier molecular flexibility index (Phi) is 5.37. The summed E-state index contributed by atoms with van der Waals surface area (Å²) in [4.78, 5) is 28.0. The van der Waals surface area contributed by atoms with Gasteiger partial charge in [-0.15, -0.1) is 11.8 Å². The van der Waals surface area contributed by atoms with Gasteiger partial charge in [-0.25, -0.2) is 0 Å². The number of thioether (sulfide) groups is 1. The quantitative estimate of drug-likeness (QED) is 0.818. The molecule has 0 radical (unpaired) electrons. The van der Waals surface area contributed by atoms with Crippen LogP contribution in [-0.4, -0.2) is 24.6 Å². The first-order valence-corrected chi connectivity index (χ1v) is 9.94. The fourth-order valence-corrected chi connectivity index (χ4v) is 3.97. The van der Waals surface area contributed by atoms with Crippen molar-refractivity contribution in [2.45, 2.75) is 32.1 Å². The van der Waals surface area contributed by atoms with E-state index in [1.54, 1.807) is 16.7 Å². The van der Waals surface area contributed by atoms with Crippen molar-refractivity contribution < 1.29 is 9.59 Å². The molecule has 0 spiro atoms. The summed E-state index contributed by atoms with van der Waals surface area (Å²) in [7, 11) is 0. The Balaban J connectivity index is 1.75. The van der Waals surface area contributed by atoms with Crippen LogP contribution in [0.15, 0.2) is 41.3 Å². The molecule has 4 nitrogen and oxygen atoms in total. The van der Waals surface area contributed by atoms with Crippen LogP contribution >= 0.6 is 11.8 Å². The van der Waals surface area contributed by atoms with Crippen molar-refractivity contribution in [2.24, 2.45) is 5.92 Å². The summed E-state index contributed by atoms with van der Waals surface area (Å²) in [6, 6.07) is 12.0. The summed E-state index contributed by atoms with van der Waals surface area (Å²) in [5, 5.41) is 3.04. The highest BCUT2D eigenvalue weighted by Gasteiger charge is 2.35. The third-order valence-corrected chi connectivity index (χ3v) is 5.51. The predicted molar refractivity (Wildman–Crippen MR) is 108 cm³/mol. The van der Waals surface area contributed by atoms with Crippen molar-refractivity contribution >= 4 is 35.0 Å². The molecule has 2 amide bonds. The van der Waals surface area contributed by atoms with Gasteiger partial charge in [-0.1, -0.05) is 23.8 Å². The largest absolute Gasteiger partial charge is 0.325 e. The predicted octanol–water partition coefficient (Wildman–Crippen LogP) is 4.33. The summed E-state index contributed by atoms with van der Waals surface area (Å²) in [6.45, 7) is 6.46. The number of hydrogen-bond donors (Lipinski definition) is 1. The van der Waals surface area contributed by atoms with Gasteiger partial charge in [0.25, 0.3) is 0 Å². The van der Waals surface area contributed by atoms with Gasteiger partial charge in [-0.05, 0) is 56.4 Å². The zero-order valence-electron chi connectivity index (χ0n) is 15.6. The second-order valence-corrected chi connectivity index (χ2v) is 7.75. The number of nitrogens with zero attached hydrogens (tertiary/aromatic N) is 1. The van der Waals surface area contributed by atoms with Gasteiger partial charge in [0.05, 0.1) is 5.92 Å². The minimum absolute atomic E-state index is 0.000697. The maximum Gasteiger partial charge on any atom is 0.229 e. The molecule has 1 unspecified atom stereocenters. The summed E-state index contributed by atoms with van der Waals surface area (Å²) in [6.07, 6.45) is 2.26. The van der Waals surface area contributed by atoms with E-state index >= 15 is 0 Å². The Morgan fingerprint density at radius 1 is 1.15 bits per heavy atom. The van der Waals surface area contributed by atoms with E-state index in [0.717, 1.165) is 27.4 Å². The average Bonchev–Trinajstić information content (AvgIpc) is 3.00. The molecule has 2 aromatic carbocycles. The molecule has 1 fully saturated rings. The van der Waals surface area contributed by atoms with Gasteiger partial charge >= 0.3 is 0 Å². The van der Waals surface area contributed by atoms with Gasteiger partial charge in [-0.2, -0.15) is 0 Å². The van der Waals surface area contributed by atoms with Crippen LogP contribution < -0.4 is 10.2 Å². The molecule has 2 aromatic rings. The smallest absolute Gasteiger partial charge is 0.229 e. The van der Waals surface area contributed by atoms with E-state index in [0.29, 0.717) is 6.54 Å². The van der Waals surface area contributed by atoms with Crippen LogP contribution in [-0.2, 0) is 9.59 Å². The second kappa shape index (κ2) is 7.54. The molecule has 1 aliphatic rings. The SMILES string of the molecule is CSc1cccc(N2CC(C(=O)Nc3c(C)cc(C)cc3C)CC2=O)c1. The van der Waals surface area contributed by atoms with Gasteiger partial charge < -0.3 is 10.2 Å². The van der Waals surface area contributed by atoms with E-state index in [2.05, 4.69) is 17.4 Å². The fourth-order valence-electron chi connectivity index (χ4n) is 3.51. The summed E-state index contributed by atoms with van der Waals surface area (Å²) < 4.78 is 0. The van der Waals surface area contributed by atoms with Crippen molar-refractivity contribution in [1.29, 1.82) is 0 Å². The molecule has 1 heterocycles. The molecule has 0 bridgehead atoms. The van der Waals surface area contributed by atoms with Gasteiger partial charge in [-0.3, -0.25) is 9.59 Å². The van der Waals surface area contributed by atoms with E-state index in [1.807, 2.05) is 51.3 Å². The molecular formula is C21H24N2O2S. The van der Waals surface area contributed by atoms with Crippen LogP contribution in [0.25, 0.3) is 0 Å². The highest BCUT2D eigenvalue weighted by molar-refractivity contribution is 7.98. The lowest BCUT2D eigenvalue weighted by Crippen LogP contribution is -2.28. The Hall–Kier alpha value is -2.27. The van der Waals surface area contributed by atoms with Crippen molar-refractivity contribution in [2.75, 3.05) is 23.0 Å². The van der Waals surface area contributed by atoms with Crippen LogP contribution in [0, 0.1) is 26.7 Å².